The summed E-state index contributed by atoms with van der Waals surface area (Å²) in [5, 5.41) is 0.0965. The van der Waals surface area contributed by atoms with Crippen molar-refractivity contribution in [3.8, 4) is 0 Å². The van der Waals surface area contributed by atoms with Crippen molar-refractivity contribution in [3.63, 3.8) is 0 Å². The van der Waals surface area contributed by atoms with Crippen LogP contribution in [0, 0.1) is 0 Å². The van der Waals surface area contributed by atoms with Gasteiger partial charge in [-0.3, -0.25) is 15.8 Å². The second kappa shape index (κ2) is 3.61. The maximum atomic E-state index is 5.48. The van der Waals surface area contributed by atoms with Gasteiger partial charge in [0, 0.05) is 0 Å². The van der Waals surface area contributed by atoms with Crippen LogP contribution in [0.3, 0.4) is 0 Å². The minimum absolute atomic E-state index is 0.0965. The van der Waals surface area contributed by atoms with E-state index in [0.717, 1.165) is 0 Å². The Morgan fingerprint density at radius 2 is 2.27 bits per heavy atom. The molecule has 2 heterocycles. The molecule has 1 unspecified atom stereocenters. The minimum atomic E-state index is -0.362. The van der Waals surface area contributed by atoms with Gasteiger partial charge in [0.15, 0.2) is 22.8 Å². The zero-order chi connectivity index (χ0) is 10.8. The van der Waals surface area contributed by atoms with Crippen molar-refractivity contribution in [1.29, 1.82) is 0 Å². The fourth-order valence-corrected chi connectivity index (χ4v) is 1.18. The van der Waals surface area contributed by atoms with Crippen LogP contribution in [0.1, 0.15) is 0 Å². The molecule has 2 aliphatic rings. The third-order valence-corrected chi connectivity index (χ3v) is 1.79. The average molecular weight is 224 g/mol. The summed E-state index contributed by atoms with van der Waals surface area (Å²) in [5.74, 6) is 1.07. The predicted molar refractivity (Wildman–Crippen MR) is 61.8 cm³/mol. The Balaban J connectivity index is 2.16. The van der Waals surface area contributed by atoms with Gasteiger partial charge in [-0.15, -0.1) is 0 Å². The summed E-state index contributed by atoms with van der Waals surface area (Å²) in [6.07, 6.45) is 1.40. The van der Waals surface area contributed by atoms with Crippen LogP contribution in [0.2, 0.25) is 0 Å². The third kappa shape index (κ3) is 1.91. The monoisotopic (exact) mass is 224 g/mol. The van der Waals surface area contributed by atoms with Gasteiger partial charge < -0.3 is 11.5 Å². The average Bonchev–Trinajstić information content (AvgIpc) is 2.61. The van der Waals surface area contributed by atoms with Gasteiger partial charge >= 0.3 is 0 Å². The molecule has 0 aliphatic carbocycles. The van der Waals surface area contributed by atoms with Crippen molar-refractivity contribution in [2.24, 2.45) is 31.4 Å². The lowest BCUT2D eigenvalue weighted by Gasteiger charge is -2.17. The Kier molecular flexibility index (Phi) is 2.29. The lowest BCUT2D eigenvalue weighted by Crippen LogP contribution is -2.51. The second-order valence-corrected chi connectivity index (χ2v) is 3.18. The number of nitrogens with one attached hydrogen (secondary N) is 2. The molecule has 78 valence electrons. The Bertz CT molecular complexity index is 419. The molecule has 0 radical (unpaired) electrons. The number of thiocarbonyl (C=S) groups is 1. The maximum absolute atomic E-state index is 5.48. The Morgan fingerprint density at radius 1 is 1.47 bits per heavy atom. The molecule has 0 spiro atoms. The van der Waals surface area contributed by atoms with Gasteiger partial charge in [0.05, 0.1) is 0 Å². The highest BCUT2D eigenvalue weighted by Gasteiger charge is 2.28. The summed E-state index contributed by atoms with van der Waals surface area (Å²) in [5.41, 5.74) is 16.0. The molecule has 8 nitrogen and oxygen atoms in total. The smallest absolute Gasteiger partial charge is 0.223 e. The van der Waals surface area contributed by atoms with Crippen LogP contribution in [0.15, 0.2) is 20.0 Å². The molecular formula is C6H8N8S. The van der Waals surface area contributed by atoms with Crippen molar-refractivity contribution in [1.82, 2.24) is 10.9 Å². The van der Waals surface area contributed by atoms with Crippen LogP contribution in [0.5, 0.6) is 0 Å². The van der Waals surface area contributed by atoms with E-state index in [1.54, 1.807) is 0 Å². The number of aliphatic imine (C=N–C) groups is 4. The number of nitrogens with zero attached hydrogens (tertiary/aromatic N) is 4. The van der Waals surface area contributed by atoms with Crippen LogP contribution < -0.4 is 22.3 Å². The molecule has 0 amide bonds. The molecule has 1 atom stereocenters. The first-order valence-electron chi connectivity index (χ1n) is 4.00. The van der Waals surface area contributed by atoms with Crippen LogP contribution in [0.4, 0.5) is 0 Å². The summed E-state index contributed by atoms with van der Waals surface area (Å²) in [4.78, 5) is 15.9. The highest BCUT2D eigenvalue weighted by molar-refractivity contribution is 7.80. The standard InChI is InChI=1S/C6H8N8S/c7-5-11-3-2(9-1-10-3)4(12-5)13-14-6(8)15/h1-2H,(H3,8,14,15)(H3,7,9,10,11,12,13). The van der Waals surface area contributed by atoms with E-state index in [1.165, 1.54) is 6.34 Å². The van der Waals surface area contributed by atoms with Crippen molar-refractivity contribution in [3.05, 3.63) is 0 Å². The van der Waals surface area contributed by atoms with E-state index in [0.29, 0.717) is 11.7 Å². The number of amidine groups is 2. The first kappa shape index (κ1) is 9.52. The van der Waals surface area contributed by atoms with Crippen molar-refractivity contribution >= 4 is 41.3 Å². The van der Waals surface area contributed by atoms with Crippen molar-refractivity contribution < 1.29 is 0 Å². The Labute approximate surface area is 90.2 Å². The Morgan fingerprint density at radius 3 is 3.00 bits per heavy atom. The van der Waals surface area contributed by atoms with Crippen LogP contribution >= 0.6 is 12.2 Å². The predicted octanol–water partition coefficient (Wildman–Crippen LogP) is -2.14. The molecule has 6 N–H and O–H groups in total. The lowest BCUT2D eigenvalue weighted by molar-refractivity contribution is 0.836. The van der Waals surface area contributed by atoms with E-state index < -0.39 is 0 Å². The minimum Gasteiger partial charge on any atom is -0.375 e. The topological polar surface area (TPSA) is 126 Å². The van der Waals surface area contributed by atoms with E-state index >= 15 is 0 Å². The number of hydrogen-bond donors (Lipinski definition) is 4. The highest BCUT2D eigenvalue weighted by Crippen LogP contribution is 2.08. The Hall–Kier alpha value is -2.03. The molecular weight excluding hydrogens is 216 g/mol. The lowest BCUT2D eigenvalue weighted by atomic mass is 10.2. The maximum Gasteiger partial charge on any atom is 0.223 e. The third-order valence-electron chi connectivity index (χ3n) is 1.69. The first-order valence-corrected chi connectivity index (χ1v) is 4.41. The van der Waals surface area contributed by atoms with Gasteiger partial charge in [0.2, 0.25) is 5.96 Å². The molecule has 15 heavy (non-hydrogen) atoms. The number of rotatable bonds is 0. The fraction of sp³-hybridized carbons (Fsp3) is 0.167. The van der Waals surface area contributed by atoms with E-state index in [1.807, 2.05) is 0 Å². The summed E-state index contributed by atoms with van der Waals surface area (Å²) in [6, 6.07) is -0.362. The molecule has 0 aromatic heterocycles. The number of hydrogen-bond acceptors (Lipinski definition) is 7. The molecule has 0 bridgehead atoms. The van der Waals surface area contributed by atoms with Crippen LogP contribution in [-0.2, 0) is 0 Å². The zero-order valence-corrected chi connectivity index (χ0v) is 8.32. The van der Waals surface area contributed by atoms with Crippen LogP contribution in [0.25, 0.3) is 0 Å². The zero-order valence-electron chi connectivity index (χ0n) is 7.51. The summed E-state index contributed by atoms with van der Waals surface area (Å²) < 4.78 is 0. The summed E-state index contributed by atoms with van der Waals surface area (Å²) in [6.45, 7) is 0. The SMILES string of the molecule is NC(=S)NNC1=NC(N)=NC2=NC=NC21. The van der Waals surface area contributed by atoms with E-state index in [9.17, 15) is 0 Å². The normalized spacial score (nSPS) is 22.4. The first-order chi connectivity index (χ1) is 7.16. The molecule has 0 aromatic rings. The number of guanidine groups is 1. The summed E-state index contributed by atoms with van der Waals surface area (Å²) >= 11 is 4.63. The van der Waals surface area contributed by atoms with Crippen molar-refractivity contribution in [2.45, 2.75) is 6.04 Å². The van der Waals surface area contributed by atoms with Crippen molar-refractivity contribution in [2.75, 3.05) is 0 Å². The molecule has 9 heteroatoms. The van der Waals surface area contributed by atoms with E-state index in [4.69, 9.17) is 11.5 Å². The van der Waals surface area contributed by atoms with E-state index in [2.05, 4.69) is 43.0 Å². The number of hydrazine groups is 1. The van der Waals surface area contributed by atoms with Gasteiger partial charge in [0.1, 0.15) is 6.34 Å². The van der Waals surface area contributed by atoms with Crippen LogP contribution in [-0.4, -0.2) is 35.1 Å². The molecule has 0 fully saturated rings. The highest BCUT2D eigenvalue weighted by atomic mass is 32.1. The molecule has 2 rings (SSSR count). The number of nitrogens with two attached hydrogens (primary N) is 2. The van der Waals surface area contributed by atoms with E-state index in [-0.39, 0.29) is 17.1 Å². The fourth-order valence-electron chi connectivity index (χ4n) is 1.13. The number of fused-ring (bicyclic) bond motifs is 1. The molecule has 0 saturated carbocycles. The van der Waals surface area contributed by atoms with Gasteiger partial charge in [0.25, 0.3) is 0 Å². The molecule has 2 aliphatic heterocycles. The van der Waals surface area contributed by atoms with Gasteiger partial charge in [-0.25, -0.2) is 4.99 Å². The second-order valence-electron chi connectivity index (χ2n) is 2.74. The van der Waals surface area contributed by atoms with Gasteiger partial charge in [-0.05, 0) is 12.2 Å². The molecule has 0 saturated heterocycles. The largest absolute Gasteiger partial charge is 0.375 e. The molecule has 0 aromatic carbocycles. The summed E-state index contributed by atoms with van der Waals surface area (Å²) in [7, 11) is 0. The quantitative estimate of drug-likeness (QED) is 0.276. The van der Waals surface area contributed by atoms with Gasteiger partial charge in [-0.2, -0.15) is 9.98 Å². The van der Waals surface area contributed by atoms with Gasteiger partial charge in [-0.1, -0.05) is 0 Å².